The van der Waals surface area contributed by atoms with Crippen molar-refractivity contribution in [2.45, 2.75) is 44.6 Å². The zero-order valence-corrected chi connectivity index (χ0v) is 19.9. The van der Waals surface area contributed by atoms with Crippen molar-refractivity contribution >= 4 is 27.3 Å². The minimum absolute atomic E-state index is 0.0238. The van der Waals surface area contributed by atoms with Gasteiger partial charge in [0.1, 0.15) is 22.2 Å². The molecule has 1 aromatic carbocycles. The minimum atomic E-state index is -3.92. The third-order valence-corrected chi connectivity index (χ3v) is 7.56. The van der Waals surface area contributed by atoms with Gasteiger partial charge in [0.15, 0.2) is 9.84 Å². The molecule has 0 spiro atoms. The number of carbonyl (C=O) groups is 1. The van der Waals surface area contributed by atoms with Crippen LogP contribution < -0.4 is 11.1 Å². The molecule has 0 bridgehead atoms. The number of benzene rings is 1. The Kier molecular flexibility index (Phi) is 9.51. The molecule has 9 heteroatoms. The quantitative estimate of drug-likeness (QED) is 0.230. The number of nitrogens with two attached hydrogens (primary N) is 1. The maximum atomic E-state index is 14.3. The van der Waals surface area contributed by atoms with Crippen molar-refractivity contribution < 1.29 is 22.0 Å². The van der Waals surface area contributed by atoms with Crippen molar-refractivity contribution in [2.24, 2.45) is 16.6 Å². The van der Waals surface area contributed by atoms with Gasteiger partial charge >= 0.3 is 0 Å². The SMILES string of the molecule is C=C(/C=C\C(F)=C/C(C)CC)C(=O)Nc1ccc(F)c(CS(=O)(=O)C(C)(C)C(N)=NC)c1. The summed E-state index contributed by atoms with van der Waals surface area (Å²) in [6.07, 6.45) is 4.58. The van der Waals surface area contributed by atoms with Crippen LogP contribution in [0.5, 0.6) is 0 Å². The second-order valence-electron chi connectivity index (χ2n) is 7.93. The van der Waals surface area contributed by atoms with Gasteiger partial charge in [-0.25, -0.2) is 17.2 Å². The fraction of sp³-hybridized carbons (Fsp3) is 0.391. The highest BCUT2D eigenvalue weighted by atomic mass is 32.2. The van der Waals surface area contributed by atoms with Crippen LogP contribution >= 0.6 is 0 Å². The molecule has 32 heavy (non-hydrogen) atoms. The largest absolute Gasteiger partial charge is 0.386 e. The van der Waals surface area contributed by atoms with E-state index in [4.69, 9.17) is 5.73 Å². The summed E-state index contributed by atoms with van der Waals surface area (Å²) in [5.41, 5.74) is 5.72. The molecule has 0 aromatic heterocycles. The lowest BCUT2D eigenvalue weighted by molar-refractivity contribution is -0.112. The number of amides is 1. The number of nitrogens with one attached hydrogen (secondary N) is 1. The number of aliphatic imine (C=N–C) groups is 1. The van der Waals surface area contributed by atoms with E-state index in [0.29, 0.717) is 0 Å². The van der Waals surface area contributed by atoms with Crippen LogP contribution in [-0.2, 0) is 20.4 Å². The smallest absolute Gasteiger partial charge is 0.255 e. The number of sulfone groups is 1. The Labute approximate surface area is 188 Å². The van der Waals surface area contributed by atoms with E-state index in [2.05, 4.69) is 16.9 Å². The summed E-state index contributed by atoms with van der Waals surface area (Å²) in [5.74, 6) is -2.55. The Morgan fingerprint density at radius 1 is 1.34 bits per heavy atom. The molecule has 1 aromatic rings. The number of amidine groups is 1. The first kappa shape index (κ1) is 27.2. The van der Waals surface area contributed by atoms with Crippen LogP contribution in [0.4, 0.5) is 14.5 Å². The van der Waals surface area contributed by atoms with Crippen molar-refractivity contribution in [1.82, 2.24) is 0 Å². The third kappa shape index (κ3) is 7.12. The van der Waals surface area contributed by atoms with Gasteiger partial charge in [-0.2, -0.15) is 0 Å². The Morgan fingerprint density at radius 3 is 2.53 bits per heavy atom. The normalized spacial score (nSPS) is 14.5. The van der Waals surface area contributed by atoms with Gasteiger partial charge in [0.25, 0.3) is 5.91 Å². The Balaban J connectivity index is 3.02. The lowest BCUT2D eigenvalue weighted by Crippen LogP contribution is -2.46. The van der Waals surface area contributed by atoms with E-state index >= 15 is 0 Å². The van der Waals surface area contributed by atoms with Crippen molar-refractivity contribution in [3.8, 4) is 0 Å². The van der Waals surface area contributed by atoms with E-state index in [1.54, 1.807) is 0 Å². The average molecular weight is 468 g/mol. The van der Waals surface area contributed by atoms with Crippen LogP contribution in [0.3, 0.4) is 0 Å². The van der Waals surface area contributed by atoms with Gasteiger partial charge in [-0.3, -0.25) is 9.79 Å². The summed E-state index contributed by atoms with van der Waals surface area (Å²) in [6.45, 7) is 10.2. The molecule has 0 aliphatic heterocycles. The van der Waals surface area contributed by atoms with Gasteiger partial charge in [-0.1, -0.05) is 20.4 Å². The van der Waals surface area contributed by atoms with Crippen LogP contribution in [0.1, 0.15) is 39.7 Å². The topological polar surface area (TPSA) is 102 Å². The highest BCUT2D eigenvalue weighted by Crippen LogP contribution is 2.25. The molecule has 0 aliphatic rings. The fourth-order valence-electron chi connectivity index (χ4n) is 2.49. The third-order valence-electron chi connectivity index (χ3n) is 5.11. The van der Waals surface area contributed by atoms with Gasteiger partial charge in [-0.15, -0.1) is 0 Å². The monoisotopic (exact) mass is 467 g/mol. The maximum Gasteiger partial charge on any atom is 0.255 e. The molecule has 1 atom stereocenters. The molecule has 0 saturated carbocycles. The second-order valence-corrected chi connectivity index (χ2v) is 10.5. The summed E-state index contributed by atoms with van der Waals surface area (Å²) in [6, 6.07) is 3.56. The van der Waals surface area contributed by atoms with E-state index in [0.717, 1.165) is 18.6 Å². The van der Waals surface area contributed by atoms with E-state index < -0.39 is 37.9 Å². The van der Waals surface area contributed by atoms with Gasteiger partial charge < -0.3 is 11.1 Å². The zero-order valence-electron chi connectivity index (χ0n) is 19.1. The molecule has 1 rings (SSSR count). The summed E-state index contributed by atoms with van der Waals surface area (Å²) < 4.78 is 52.2. The number of rotatable bonds is 10. The summed E-state index contributed by atoms with van der Waals surface area (Å²) in [4.78, 5) is 16.1. The molecule has 0 aliphatic carbocycles. The average Bonchev–Trinajstić information content (AvgIpc) is 2.72. The van der Waals surface area contributed by atoms with Crippen LogP contribution in [0.15, 0.2) is 59.4 Å². The highest BCUT2D eigenvalue weighted by molar-refractivity contribution is 7.92. The second kappa shape index (κ2) is 11.2. The molecular formula is C23H31F2N3O3S. The van der Waals surface area contributed by atoms with E-state index in [-0.39, 0.29) is 28.6 Å². The molecule has 6 nitrogen and oxygen atoms in total. The fourth-order valence-corrected chi connectivity index (χ4v) is 3.89. The van der Waals surface area contributed by atoms with Crippen molar-refractivity contribution in [3.63, 3.8) is 0 Å². The predicted molar refractivity (Wildman–Crippen MR) is 126 cm³/mol. The van der Waals surface area contributed by atoms with Crippen molar-refractivity contribution in [1.29, 1.82) is 0 Å². The first-order valence-electron chi connectivity index (χ1n) is 10.0. The lowest BCUT2D eigenvalue weighted by atomic mass is 10.1. The molecule has 1 unspecified atom stereocenters. The van der Waals surface area contributed by atoms with Gasteiger partial charge in [0.2, 0.25) is 0 Å². The highest BCUT2D eigenvalue weighted by Gasteiger charge is 2.38. The minimum Gasteiger partial charge on any atom is -0.386 e. The Bertz CT molecular complexity index is 1060. The van der Waals surface area contributed by atoms with E-state index in [1.807, 2.05) is 13.8 Å². The number of allylic oxidation sites excluding steroid dienone is 3. The van der Waals surface area contributed by atoms with Crippen LogP contribution in [0.2, 0.25) is 0 Å². The maximum absolute atomic E-state index is 14.3. The Hall–Kier alpha value is -2.81. The molecule has 176 valence electrons. The van der Waals surface area contributed by atoms with E-state index in [9.17, 15) is 22.0 Å². The van der Waals surface area contributed by atoms with Gasteiger partial charge in [-0.05, 0) is 62.6 Å². The molecule has 0 fully saturated rings. The summed E-state index contributed by atoms with van der Waals surface area (Å²) in [7, 11) is -2.55. The predicted octanol–water partition coefficient (Wildman–Crippen LogP) is 4.46. The molecule has 0 heterocycles. The number of carbonyl (C=O) groups excluding carboxylic acids is 1. The number of hydrogen-bond donors (Lipinski definition) is 2. The number of hydrogen-bond acceptors (Lipinski definition) is 4. The van der Waals surface area contributed by atoms with Crippen molar-refractivity contribution in [2.75, 3.05) is 12.4 Å². The van der Waals surface area contributed by atoms with Gasteiger partial charge in [0.05, 0.1) is 5.75 Å². The number of anilines is 1. The standard InChI is InChI=1S/C23H31F2N3O3S/c1-7-15(2)12-18(24)9-8-16(3)21(29)28-19-10-11-20(25)17(13-19)14-32(30,31)23(4,5)22(26)27-6/h8-13,15H,3,7,14H2,1-2,4-6H3,(H2,26,27)(H,28,29)/b9-8-,18-12+. The summed E-state index contributed by atoms with van der Waals surface area (Å²) >= 11 is 0. The van der Waals surface area contributed by atoms with Crippen LogP contribution in [-0.4, -0.2) is 32.0 Å². The molecule has 0 radical (unpaired) electrons. The molecule has 3 N–H and O–H groups in total. The van der Waals surface area contributed by atoms with E-state index in [1.165, 1.54) is 45.2 Å². The van der Waals surface area contributed by atoms with Crippen molar-refractivity contribution in [3.05, 3.63) is 65.8 Å². The van der Waals surface area contributed by atoms with Gasteiger partial charge in [0, 0.05) is 23.9 Å². The molecule has 0 saturated heterocycles. The molecular weight excluding hydrogens is 436 g/mol. The number of halogens is 2. The van der Waals surface area contributed by atoms with Crippen LogP contribution in [0.25, 0.3) is 0 Å². The lowest BCUT2D eigenvalue weighted by Gasteiger charge is -2.24. The summed E-state index contributed by atoms with van der Waals surface area (Å²) in [5, 5.41) is 2.50. The van der Waals surface area contributed by atoms with Crippen LogP contribution in [0, 0.1) is 11.7 Å². The first-order chi connectivity index (χ1) is 14.7. The molecule has 1 amide bonds. The Morgan fingerprint density at radius 2 is 1.97 bits per heavy atom. The zero-order chi connectivity index (χ0) is 24.7. The first-order valence-corrected chi connectivity index (χ1v) is 11.7. The number of nitrogens with zero attached hydrogens (tertiary/aromatic N) is 1.